The van der Waals surface area contributed by atoms with E-state index < -0.39 is 15.9 Å². The van der Waals surface area contributed by atoms with Gasteiger partial charge in [-0.05, 0) is 37.6 Å². The first-order chi connectivity index (χ1) is 9.83. The van der Waals surface area contributed by atoms with Crippen LogP contribution in [-0.2, 0) is 10.0 Å². The maximum atomic E-state index is 12.2. The highest BCUT2D eigenvalue weighted by atomic mass is 32.2. The molecule has 0 spiro atoms. The highest BCUT2D eigenvalue weighted by molar-refractivity contribution is 7.90. The van der Waals surface area contributed by atoms with Crippen LogP contribution >= 0.6 is 11.3 Å². The molecule has 0 aliphatic heterocycles. The number of thiophene rings is 1. The summed E-state index contributed by atoms with van der Waals surface area (Å²) in [4.78, 5) is 13.4. The SMILES string of the molecule is COc1cccc(S(=O)(=O)NC(=O)c2cc(C)c(C)s2)c1. The van der Waals surface area contributed by atoms with Crippen molar-refractivity contribution >= 4 is 27.3 Å². The number of aryl methyl sites for hydroxylation is 2. The third-order valence-electron chi connectivity index (χ3n) is 2.97. The van der Waals surface area contributed by atoms with Crippen molar-refractivity contribution in [2.24, 2.45) is 0 Å². The molecule has 1 N–H and O–H groups in total. The summed E-state index contributed by atoms with van der Waals surface area (Å²) >= 11 is 1.26. The number of hydrogen-bond donors (Lipinski definition) is 1. The minimum absolute atomic E-state index is 0.0137. The van der Waals surface area contributed by atoms with Crippen molar-refractivity contribution in [2.45, 2.75) is 18.7 Å². The fraction of sp³-hybridized carbons (Fsp3) is 0.214. The Bertz CT molecular complexity index is 759. The normalized spacial score (nSPS) is 11.2. The molecule has 5 nitrogen and oxygen atoms in total. The maximum absolute atomic E-state index is 12.2. The molecule has 0 radical (unpaired) electrons. The zero-order valence-corrected chi connectivity index (χ0v) is 13.5. The van der Waals surface area contributed by atoms with E-state index in [1.807, 2.05) is 13.8 Å². The van der Waals surface area contributed by atoms with Gasteiger partial charge in [-0.25, -0.2) is 13.1 Å². The standard InChI is InChI=1S/C14H15NO4S2/c1-9-7-13(20-10(9)2)14(16)15-21(17,18)12-6-4-5-11(8-12)19-3/h4-8H,1-3H3,(H,15,16). The molecule has 0 saturated heterocycles. The number of hydrogen-bond acceptors (Lipinski definition) is 5. The van der Waals surface area contributed by atoms with Crippen molar-refractivity contribution in [2.75, 3.05) is 7.11 Å². The fourth-order valence-corrected chi connectivity index (χ4v) is 3.68. The Morgan fingerprint density at radius 2 is 1.95 bits per heavy atom. The highest BCUT2D eigenvalue weighted by Gasteiger charge is 2.20. The van der Waals surface area contributed by atoms with Gasteiger partial charge in [-0.15, -0.1) is 11.3 Å². The van der Waals surface area contributed by atoms with Gasteiger partial charge in [0, 0.05) is 10.9 Å². The summed E-state index contributed by atoms with van der Waals surface area (Å²) < 4.78 is 31.4. The van der Waals surface area contributed by atoms with Crippen LogP contribution < -0.4 is 9.46 Å². The molecular formula is C14H15NO4S2. The Labute approximate surface area is 127 Å². The molecule has 1 aromatic carbocycles. The number of sulfonamides is 1. The second-order valence-electron chi connectivity index (χ2n) is 4.46. The second-order valence-corrected chi connectivity index (χ2v) is 7.40. The quantitative estimate of drug-likeness (QED) is 0.937. The van der Waals surface area contributed by atoms with Gasteiger partial charge in [0.15, 0.2) is 0 Å². The van der Waals surface area contributed by atoms with Gasteiger partial charge in [-0.1, -0.05) is 6.07 Å². The van der Waals surface area contributed by atoms with Gasteiger partial charge in [0.05, 0.1) is 16.9 Å². The van der Waals surface area contributed by atoms with Gasteiger partial charge >= 0.3 is 0 Å². The molecule has 1 amide bonds. The van der Waals surface area contributed by atoms with E-state index in [2.05, 4.69) is 4.72 Å². The molecule has 112 valence electrons. The summed E-state index contributed by atoms with van der Waals surface area (Å²) in [6, 6.07) is 7.63. The highest BCUT2D eigenvalue weighted by Crippen LogP contribution is 2.22. The van der Waals surface area contributed by atoms with Gasteiger partial charge in [0.25, 0.3) is 15.9 Å². The van der Waals surface area contributed by atoms with E-state index >= 15 is 0 Å². The first kappa shape index (κ1) is 15.5. The van der Waals surface area contributed by atoms with Crippen LogP contribution in [0.25, 0.3) is 0 Å². The molecular weight excluding hydrogens is 310 g/mol. The van der Waals surface area contributed by atoms with Crippen LogP contribution in [-0.4, -0.2) is 21.4 Å². The molecule has 0 atom stereocenters. The van der Waals surface area contributed by atoms with E-state index in [1.165, 1.54) is 30.6 Å². The van der Waals surface area contributed by atoms with Crippen LogP contribution in [0.5, 0.6) is 5.75 Å². The van der Waals surface area contributed by atoms with E-state index in [9.17, 15) is 13.2 Å². The number of carbonyl (C=O) groups excluding carboxylic acids is 1. The number of nitrogens with one attached hydrogen (secondary N) is 1. The first-order valence-corrected chi connectivity index (χ1v) is 8.41. The summed E-state index contributed by atoms with van der Waals surface area (Å²) in [5, 5.41) is 0. The molecule has 0 saturated carbocycles. The largest absolute Gasteiger partial charge is 0.497 e. The van der Waals surface area contributed by atoms with Crippen molar-refractivity contribution < 1.29 is 17.9 Å². The predicted molar refractivity (Wildman–Crippen MR) is 81.4 cm³/mol. The average Bonchev–Trinajstić information content (AvgIpc) is 2.78. The molecule has 2 rings (SSSR count). The minimum Gasteiger partial charge on any atom is -0.497 e. The van der Waals surface area contributed by atoms with Crippen LogP contribution in [0.1, 0.15) is 20.1 Å². The predicted octanol–water partition coefficient (Wildman–Crippen LogP) is 2.49. The number of amides is 1. The second kappa shape index (κ2) is 5.87. The van der Waals surface area contributed by atoms with Crippen molar-refractivity contribution in [1.82, 2.24) is 4.72 Å². The van der Waals surface area contributed by atoms with Gasteiger partial charge in [-0.2, -0.15) is 0 Å². The zero-order chi connectivity index (χ0) is 15.6. The number of ether oxygens (including phenoxy) is 1. The van der Waals surface area contributed by atoms with Gasteiger partial charge in [0.2, 0.25) is 0 Å². The first-order valence-electron chi connectivity index (χ1n) is 6.12. The van der Waals surface area contributed by atoms with E-state index in [4.69, 9.17) is 4.74 Å². The van der Waals surface area contributed by atoms with E-state index in [0.29, 0.717) is 10.6 Å². The average molecular weight is 325 g/mol. The number of carbonyl (C=O) groups is 1. The summed E-state index contributed by atoms with van der Waals surface area (Å²) in [6.07, 6.45) is 0. The van der Waals surface area contributed by atoms with Gasteiger partial charge < -0.3 is 4.74 Å². The Balaban J connectivity index is 2.26. The molecule has 0 unspecified atom stereocenters. The summed E-state index contributed by atoms with van der Waals surface area (Å²) in [5.74, 6) is -0.216. The lowest BCUT2D eigenvalue weighted by Gasteiger charge is -2.07. The van der Waals surface area contributed by atoms with Crippen molar-refractivity contribution in [1.29, 1.82) is 0 Å². The molecule has 1 aromatic heterocycles. The van der Waals surface area contributed by atoms with Crippen molar-refractivity contribution in [3.63, 3.8) is 0 Å². The Morgan fingerprint density at radius 3 is 2.52 bits per heavy atom. The monoisotopic (exact) mass is 325 g/mol. The Morgan fingerprint density at radius 1 is 1.24 bits per heavy atom. The lowest BCUT2D eigenvalue weighted by Crippen LogP contribution is -2.30. The van der Waals surface area contributed by atoms with E-state index in [0.717, 1.165) is 10.4 Å². The number of methoxy groups -OCH3 is 1. The third kappa shape index (κ3) is 3.43. The number of rotatable bonds is 4. The van der Waals surface area contributed by atoms with Crippen LogP contribution in [0.15, 0.2) is 35.2 Å². The third-order valence-corrected chi connectivity index (χ3v) is 5.45. The lowest BCUT2D eigenvalue weighted by atomic mass is 10.3. The molecule has 1 heterocycles. The molecule has 0 aliphatic rings. The maximum Gasteiger partial charge on any atom is 0.275 e. The molecule has 21 heavy (non-hydrogen) atoms. The van der Waals surface area contributed by atoms with Crippen LogP contribution in [0.2, 0.25) is 0 Å². The van der Waals surface area contributed by atoms with Gasteiger partial charge in [-0.3, -0.25) is 4.79 Å². The molecule has 0 aliphatic carbocycles. The summed E-state index contributed by atoms with van der Waals surface area (Å²) in [5.41, 5.74) is 0.962. The Kier molecular flexibility index (Phi) is 4.34. The van der Waals surface area contributed by atoms with E-state index in [-0.39, 0.29) is 4.90 Å². The van der Waals surface area contributed by atoms with Crippen molar-refractivity contribution in [3.8, 4) is 5.75 Å². The smallest absolute Gasteiger partial charge is 0.275 e. The van der Waals surface area contributed by atoms with E-state index in [1.54, 1.807) is 18.2 Å². The van der Waals surface area contributed by atoms with Crippen LogP contribution in [0, 0.1) is 13.8 Å². The lowest BCUT2D eigenvalue weighted by molar-refractivity contribution is 0.0985. The molecule has 0 bridgehead atoms. The minimum atomic E-state index is -3.92. The fourth-order valence-electron chi connectivity index (χ4n) is 1.68. The van der Waals surface area contributed by atoms with Crippen LogP contribution in [0.3, 0.4) is 0 Å². The number of benzene rings is 1. The molecule has 7 heteroatoms. The Hall–Kier alpha value is -1.86. The van der Waals surface area contributed by atoms with Gasteiger partial charge in [0.1, 0.15) is 5.75 Å². The molecule has 2 aromatic rings. The summed E-state index contributed by atoms with van der Waals surface area (Å²) in [6.45, 7) is 3.76. The topological polar surface area (TPSA) is 72.5 Å². The van der Waals surface area contributed by atoms with Crippen LogP contribution in [0.4, 0.5) is 0 Å². The summed E-state index contributed by atoms with van der Waals surface area (Å²) in [7, 11) is -2.47. The van der Waals surface area contributed by atoms with Crippen molar-refractivity contribution in [3.05, 3.63) is 45.6 Å². The molecule has 0 fully saturated rings. The zero-order valence-electron chi connectivity index (χ0n) is 11.8.